The van der Waals surface area contributed by atoms with E-state index in [0.29, 0.717) is 18.9 Å². The average molecular weight is 246 g/mol. The van der Waals surface area contributed by atoms with Crippen molar-refractivity contribution in [3.63, 3.8) is 0 Å². The van der Waals surface area contributed by atoms with Crippen molar-refractivity contribution in [2.45, 2.75) is 38.6 Å². The van der Waals surface area contributed by atoms with E-state index in [1.165, 1.54) is 0 Å². The van der Waals surface area contributed by atoms with Crippen LogP contribution in [-0.4, -0.2) is 17.9 Å². The van der Waals surface area contributed by atoms with Crippen molar-refractivity contribution in [3.8, 4) is 0 Å². The summed E-state index contributed by atoms with van der Waals surface area (Å²) in [5.74, 6) is -0.555. The van der Waals surface area contributed by atoms with Gasteiger partial charge in [0.25, 0.3) is 0 Å². The van der Waals surface area contributed by atoms with Crippen LogP contribution in [0.2, 0.25) is 0 Å². The Labute approximate surface area is 107 Å². The molecule has 0 saturated carbocycles. The highest BCUT2D eigenvalue weighted by atomic mass is 16.2. The summed E-state index contributed by atoms with van der Waals surface area (Å²) >= 11 is 0. The largest absolute Gasteiger partial charge is 0.383 e. The fourth-order valence-corrected chi connectivity index (χ4v) is 2.16. The van der Waals surface area contributed by atoms with Gasteiger partial charge in [0.1, 0.15) is 0 Å². The predicted molar refractivity (Wildman–Crippen MR) is 70.3 cm³/mol. The van der Waals surface area contributed by atoms with Gasteiger partial charge >= 0.3 is 0 Å². The normalized spacial score (nSPS) is 19.8. The summed E-state index contributed by atoms with van der Waals surface area (Å²) < 4.78 is 0. The maximum absolute atomic E-state index is 11.7. The van der Waals surface area contributed by atoms with Gasteiger partial charge in [0.05, 0.1) is 5.92 Å². The SMILES string of the molecule is CC(C)Nc1ccc(C2CCC(=O)NC2=O)cc1. The standard InChI is InChI=1S/C14H18N2O2/c1-9(2)15-11-5-3-10(4-6-11)12-7-8-13(17)16-14(12)18/h3-6,9,12,15H,7-8H2,1-2H3,(H,16,17,18). The molecule has 1 aromatic rings. The van der Waals surface area contributed by atoms with Gasteiger partial charge < -0.3 is 5.32 Å². The van der Waals surface area contributed by atoms with Gasteiger partial charge in [-0.1, -0.05) is 12.1 Å². The lowest BCUT2D eigenvalue weighted by Gasteiger charge is -2.21. The maximum atomic E-state index is 11.7. The zero-order valence-electron chi connectivity index (χ0n) is 10.7. The Kier molecular flexibility index (Phi) is 3.65. The Morgan fingerprint density at radius 1 is 1.22 bits per heavy atom. The molecule has 0 aromatic heterocycles. The number of carbonyl (C=O) groups is 2. The molecule has 1 heterocycles. The Balaban J connectivity index is 2.09. The van der Waals surface area contributed by atoms with E-state index in [0.717, 1.165) is 11.3 Å². The fraction of sp³-hybridized carbons (Fsp3) is 0.429. The molecule has 1 unspecified atom stereocenters. The summed E-state index contributed by atoms with van der Waals surface area (Å²) in [4.78, 5) is 22.8. The summed E-state index contributed by atoms with van der Waals surface area (Å²) in [6.07, 6.45) is 1.02. The van der Waals surface area contributed by atoms with Gasteiger partial charge in [0.2, 0.25) is 11.8 Å². The van der Waals surface area contributed by atoms with Gasteiger partial charge in [0.15, 0.2) is 0 Å². The number of imide groups is 1. The first-order valence-electron chi connectivity index (χ1n) is 6.26. The second kappa shape index (κ2) is 5.21. The highest BCUT2D eigenvalue weighted by Gasteiger charge is 2.27. The van der Waals surface area contributed by atoms with Crippen LogP contribution in [0.15, 0.2) is 24.3 Å². The molecule has 0 aliphatic carbocycles. The molecule has 1 aliphatic heterocycles. The molecular formula is C14H18N2O2. The summed E-state index contributed by atoms with van der Waals surface area (Å²) in [6.45, 7) is 4.15. The van der Waals surface area contributed by atoms with E-state index in [1.807, 2.05) is 24.3 Å². The number of anilines is 1. The Morgan fingerprint density at radius 3 is 2.44 bits per heavy atom. The number of rotatable bonds is 3. The van der Waals surface area contributed by atoms with Crippen molar-refractivity contribution >= 4 is 17.5 Å². The van der Waals surface area contributed by atoms with Crippen LogP contribution in [-0.2, 0) is 9.59 Å². The summed E-state index contributed by atoms with van der Waals surface area (Å²) in [5.41, 5.74) is 2.01. The zero-order valence-corrected chi connectivity index (χ0v) is 10.7. The van der Waals surface area contributed by atoms with Crippen molar-refractivity contribution in [2.24, 2.45) is 0 Å². The lowest BCUT2D eigenvalue weighted by Crippen LogP contribution is -2.39. The summed E-state index contributed by atoms with van der Waals surface area (Å²) in [7, 11) is 0. The molecule has 4 nitrogen and oxygen atoms in total. The van der Waals surface area contributed by atoms with Crippen LogP contribution in [0, 0.1) is 0 Å². The molecule has 1 fully saturated rings. The molecule has 4 heteroatoms. The van der Waals surface area contributed by atoms with Gasteiger partial charge in [-0.25, -0.2) is 0 Å². The molecular weight excluding hydrogens is 228 g/mol. The fourth-order valence-electron chi connectivity index (χ4n) is 2.16. The van der Waals surface area contributed by atoms with Crippen LogP contribution in [0.3, 0.4) is 0 Å². The van der Waals surface area contributed by atoms with Crippen LogP contribution in [0.4, 0.5) is 5.69 Å². The topological polar surface area (TPSA) is 58.2 Å². The first-order valence-corrected chi connectivity index (χ1v) is 6.26. The van der Waals surface area contributed by atoms with Gasteiger partial charge in [-0.15, -0.1) is 0 Å². The number of amides is 2. The minimum atomic E-state index is -0.198. The third-order valence-corrected chi connectivity index (χ3v) is 3.01. The van der Waals surface area contributed by atoms with Crippen molar-refractivity contribution in [2.75, 3.05) is 5.32 Å². The van der Waals surface area contributed by atoms with Crippen LogP contribution >= 0.6 is 0 Å². The van der Waals surface area contributed by atoms with E-state index >= 15 is 0 Å². The number of piperidine rings is 1. The van der Waals surface area contributed by atoms with Gasteiger partial charge in [0, 0.05) is 18.2 Å². The lowest BCUT2D eigenvalue weighted by atomic mass is 9.90. The highest BCUT2D eigenvalue weighted by Crippen LogP contribution is 2.25. The molecule has 0 bridgehead atoms. The Morgan fingerprint density at radius 2 is 1.89 bits per heavy atom. The smallest absolute Gasteiger partial charge is 0.234 e. The minimum Gasteiger partial charge on any atom is -0.383 e. The van der Waals surface area contributed by atoms with Crippen molar-refractivity contribution in [1.29, 1.82) is 0 Å². The van der Waals surface area contributed by atoms with E-state index in [1.54, 1.807) is 0 Å². The van der Waals surface area contributed by atoms with Crippen molar-refractivity contribution in [1.82, 2.24) is 5.32 Å². The highest BCUT2D eigenvalue weighted by molar-refractivity contribution is 6.00. The third-order valence-electron chi connectivity index (χ3n) is 3.01. The maximum Gasteiger partial charge on any atom is 0.234 e. The Hall–Kier alpha value is -1.84. The van der Waals surface area contributed by atoms with E-state index in [2.05, 4.69) is 24.5 Å². The first-order chi connectivity index (χ1) is 8.56. The van der Waals surface area contributed by atoms with E-state index in [4.69, 9.17) is 0 Å². The number of carbonyl (C=O) groups excluding carboxylic acids is 2. The molecule has 0 radical (unpaired) electrons. The average Bonchev–Trinajstić information content (AvgIpc) is 2.30. The van der Waals surface area contributed by atoms with Gasteiger partial charge in [-0.3, -0.25) is 14.9 Å². The van der Waals surface area contributed by atoms with E-state index < -0.39 is 0 Å². The molecule has 2 amide bonds. The van der Waals surface area contributed by atoms with E-state index in [9.17, 15) is 9.59 Å². The predicted octanol–water partition coefficient (Wildman–Crippen LogP) is 2.03. The zero-order chi connectivity index (χ0) is 13.1. The van der Waals surface area contributed by atoms with E-state index in [-0.39, 0.29) is 17.7 Å². The molecule has 18 heavy (non-hydrogen) atoms. The van der Waals surface area contributed by atoms with Crippen LogP contribution in [0.5, 0.6) is 0 Å². The molecule has 2 rings (SSSR count). The van der Waals surface area contributed by atoms with Crippen molar-refractivity contribution < 1.29 is 9.59 Å². The monoisotopic (exact) mass is 246 g/mol. The molecule has 0 spiro atoms. The van der Waals surface area contributed by atoms with Gasteiger partial charge in [-0.05, 0) is 38.0 Å². The first kappa shape index (κ1) is 12.6. The second-order valence-electron chi connectivity index (χ2n) is 4.92. The molecule has 96 valence electrons. The lowest BCUT2D eigenvalue weighted by molar-refractivity contribution is -0.134. The number of hydrogen-bond acceptors (Lipinski definition) is 3. The Bertz CT molecular complexity index is 451. The molecule has 1 aliphatic rings. The minimum absolute atomic E-state index is 0.172. The van der Waals surface area contributed by atoms with Crippen LogP contribution in [0.25, 0.3) is 0 Å². The van der Waals surface area contributed by atoms with Crippen LogP contribution < -0.4 is 10.6 Å². The quantitative estimate of drug-likeness (QED) is 0.802. The second-order valence-corrected chi connectivity index (χ2v) is 4.92. The number of hydrogen-bond donors (Lipinski definition) is 2. The molecule has 2 N–H and O–H groups in total. The van der Waals surface area contributed by atoms with Crippen LogP contribution in [0.1, 0.15) is 38.2 Å². The summed E-state index contributed by atoms with van der Waals surface area (Å²) in [6, 6.07) is 8.22. The number of benzene rings is 1. The number of nitrogens with one attached hydrogen (secondary N) is 2. The van der Waals surface area contributed by atoms with Gasteiger partial charge in [-0.2, -0.15) is 0 Å². The third kappa shape index (κ3) is 2.88. The summed E-state index contributed by atoms with van der Waals surface area (Å²) in [5, 5.41) is 5.68. The van der Waals surface area contributed by atoms with Crippen molar-refractivity contribution in [3.05, 3.63) is 29.8 Å². The molecule has 1 atom stereocenters. The molecule has 1 aromatic carbocycles. The molecule has 1 saturated heterocycles.